The van der Waals surface area contributed by atoms with E-state index >= 15 is 0 Å². The molecule has 1 fully saturated rings. The highest BCUT2D eigenvalue weighted by Gasteiger charge is 2.20. The average molecular weight is 363 g/mol. The zero-order valence-corrected chi connectivity index (χ0v) is 15.8. The maximum Gasteiger partial charge on any atom is 0.223 e. The zero-order chi connectivity index (χ0) is 18.6. The summed E-state index contributed by atoms with van der Waals surface area (Å²) in [6.45, 7) is 5.13. The van der Waals surface area contributed by atoms with Crippen LogP contribution in [0.1, 0.15) is 24.1 Å². The van der Waals surface area contributed by atoms with Crippen LogP contribution in [0.4, 0.5) is 5.95 Å². The Morgan fingerprint density at radius 2 is 1.89 bits per heavy atom. The Bertz CT molecular complexity index is 882. The summed E-state index contributed by atoms with van der Waals surface area (Å²) < 4.78 is 1.82. The van der Waals surface area contributed by atoms with E-state index in [4.69, 9.17) is 4.98 Å². The van der Waals surface area contributed by atoms with Crippen molar-refractivity contribution in [1.29, 1.82) is 0 Å². The zero-order valence-electron chi connectivity index (χ0n) is 15.8. The van der Waals surface area contributed by atoms with Gasteiger partial charge in [-0.05, 0) is 43.5 Å². The smallest absolute Gasteiger partial charge is 0.223 e. The highest BCUT2D eigenvalue weighted by Crippen LogP contribution is 2.22. The van der Waals surface area contributed by atoms with E-state index in [1.807, 2.05) is 49.5 Å². The van der Waals surface area contributed by atoms with Gasteiger partial charge in [-0.2, -0.15) is 5.10 Å². The molecular weight excluding hydrogens is 338 g/mol. The van der Waals surface area contributed by atoms with Gasteiger partial charge in [0, 0.05) is 63.1 Å². The molecule has 4 rings (SSSR count). The second kappa shape index (κ2) is 7.84. The first-order valence-electron chi connectivity index (χ1n) is 9.39. The third-order valence-corrected chi connectivity index (χ3v) is 5.02. The Morgan fingerprint density at radius 1 is 1.11 bits per heavy atom. The van der Waals surface area contributed by atoms with Crippen molar-refractivity contribution in [3.8, 4) is 11.3 Å². The van der Waals surface area contributed by atoms with Crippen molar-refractivity contribution >= 4 is 5.95 Å². The van der Waals surface area contributed by atoms with Crippen LogP contribution in [0.2, 0.25) is 0 Å². The fourth-order valence-electron chi connectivity index (χ4n) is 3.59. The van der Waals surface area contributed by atoms with Crippen LogP contribution in [0, 0.1) is 6.92 Å². The number of likely N-dealkylation sites (tertiary alicyclic amines) is 1. The van der Waals surface area contributed by atoms with Gasteiger partial charge in [-0.1, -0.05) is 0 Å². The van der Waals surface area contributed by atoms with Crippen LogP contribution in [0.3, 0.4) is 0 Å². The molecule has 3 aromatic rings. The first-order chi connectivity index (χ1) is 13.2. The topological polar surface area (TPSA) is 71.8 Å². The Hall–Kier alpha value is -2.80. The lowest BCUT2D eigenvalue weighted by Gasteiger charge is -2.32. The number of pyridine rings is 1. The minimum Gasteiger partial charge on any atom is -0.351 e. The molecule has 0 aromatic carbocycles. The predicted molar refractivity (Wildman–Crippen MR) is 105 cm³/mol. The monoisotopic (exact) mass is 363 g/mol. The highest BCUT2D eigenvalue weighted by molar-refractivity contribution is 5.61. The second-order valence-electron chi connectivity index (χ2n) is 7.12. The van der Waals surface area contributed by atoms with Gasteiger partial charge in [-0.3, -0.25) is 14.6 Å². The summed E-state index contributed by atoms with van der Waals surface area (Å²) in [6, 6.07) is 6.52. The number of aromatic nitrogens is 5. The summed E-state index contributed by atoms with van der Waals surface area (Å²) in [5, 5.41) is 7.92. The molecule has 1 aliphatic heterocycles. The summed E-state index contributed by atoms with van der Waals surface area (Å²) in [4.78, 5) is 15.7. The minimum atomic E-state index is 0.406. The van der Waals surface area contributed by atoms with Crippen molar-refractivity contribution in [2.45, 2.75) is 32.4 Å². The standard InChI is InChI=1S/C20H25N7/c1-15-18(14-26(2)25-15)19-5-10-22-20(24-19)23-17-6-11-27(12-7-17)13-16-3-8-21-9-4-16/h3-5,8-10,14,17H,6-7,11-13H2,1-2H3,(H,22,23,24). The van der Waals surface area contributed by atoms with E-state index in [0.717, 1.165) is 49.4 Å². The third-order valence-electron chi connectivity index (χ3n) is 5.02. The van der Waals surface area contributed by atoms with Gasteiger partial charge in [0.25, 0.3) is 0 Å². The Kier molecular flexibility index (Phi) is 5.11. The molecule has 1 saturated heterocycles. The molecule has 0 radical (unpaired) electrons. The van der Waals surface area contributed by atoms with Crippen LogP contribution >= 0.6 is 0 Å². The van der Waals surface area contributed by atoms with Gasteiger partial charge in [0.2, 0.25) is 5.95 Å². The lowest BCUT2D eigenvalue weighted by Crippen LogP contribution is -2.39. The molecule has 0 saturated carbocycles. The largest absolute Gasteiger partial charge is 0.351 e. The van der Waals surface area contributed by atoms with E-state index in [1.165, 1.54) is 5.56 Å². The van der Waals surface area contributed by atoms with Crippen LogP contribution in [-0.4, -0.2) is 48.8 Å². The SMILES string of the molecule is Cc1nn(C)cc1-c1ccnc(NC2CCN(Cc3ccncc3)CC2)n1. The molecule has 0 spiro atoms. The van der Waals surface area contributed by atoms with E-state index in [0.29, 0.717) is 12.0 Å². The van der Waals surface area contributed by atoms with E-state index < -0.39 is 0 Å². The Morgan fingerprint density at radius 3 is 2.59 bits per heavy atom. The quantitative estimate of drug-likeness (QED) is 0.751. The van der Waals surface area contributed by atoms with E-state index in [9.17, 15) is 0 Å². The van der Waals surface area contributed by atoms with E-state index in [2.05, 4.69) is 37.4 Å². The van der Waals surface area contributed by atoms with Crippen molar-refractivity contribution in [1.82, 2.24) is 29.6 Å². The van der Waals surface area contributed by atoms with Gasteiger partial charge >= 0.3 is 0 Å². The second-order valence-corrected chi connectivity index (χ2v) is 7.12. The summed E-state index contributed by atoms with van der Waals surface area (Å²) in [7, 11) is 1.93. The van der Waals surface area contributed by atoms with Crippen LogP contribution in [0.15, 0.2) is 43.0 Å². The summed E-state index contributed by atoms with van der Waals surface area (Å²) in [5.74, 6) is 0.698. The van der Waals surface area contributed by atoms with Crippen LogP contribution in [-0.2, 0) is 13.6 Å². The number of nitrogens with one attached hydrogen (secondary N) is 1. The number of anilines is 1. The highest BCUT2D eigenvalue weighted by atomic mass is 15.3. The molecule has 1 N–H and O–H groups in total. The van der Waals surface area contributed by atoms with Gasteiger partial charge in [-0.15, -0.1) is 0 Å². The van der Waals surface area contributed by atoms with E-state index in [-0.39, 0.29) is 0 Å². The molecule has 3 aromatic heterocycles. The van der Waals surface area contributed by atoms with Crippen molar-refractivity contribution in [2.24, 2.45) is 7.05 Å². The predicted octanol–water partition coefficient (Wildman–Crippen LogP) is 2.66. The van der Waals surface area contributed by atoms with Gasteiger partial charge in [0.05, 0.1) is 11.4 Å². The molecule has 1 aliphatic rings. The number of hydrogen-bond donors (Lipinski definition) is 1. The molecule has 0 aliphatic carbocycles. The third kappa shape index (κ3) is 4.31. The van der Waals surface area contributed by atoms with Crippen LogP contribution < -0.4 is 5.32 Å². The number of hydrogen-bond acceptors (Lipinski definition) is 6. The van der Waals surface area contributed by atoms with Gasteiger partial charge in [-0.25, -0.2) is 9.97 Å². The van der Waals surface area contributed by atoms with Gasteiger partial charge in [0.15, 0.2) is 0 Å². The normalized spacial score (nSPS) is 15.8. The lowest BCUT2D eigenvalue weighted by atomic mass is 10.0. The van der Waals surface area contributed by atoms with Crippen molar-refractivity contribution < 1.29 is 0 Å². The van der Waals surface area contributed by atoms with Crippen LogP contribution in [0.25, 0.3) is 11.3 Å². The fraction of sp³-hybridized carbons (Fsp3) is 0.400. The molecule has 140 valence electrons. The Labute approximate surface area is 159 Å². The molecule has 0 bridgehead atoms. The molecule has 27 heavy (non-hydrogen) atoms. The van der Waals surface area contributed by atoms with Crippen molar-refractivity contribution in [3.05, 3.63) is 54.2 Å². The maximum absolute atomic E-state index is 4.70. The average Bonchev–Trinajstić information content (AvgIpc) is 3.03. The fourth-order valence-corrected chi connectivity index (χ4v) is 3.59. The molecule has 7 nitrogen and oxygen atoms in total. The molecule has 0 unspecified atom stereocenters. The first-order valence-corrected chi connectivity index (χ1v) is 9.39. The number of aryl methyl sites for hydroxylation is 2. The number of piperidine rings is 1. The summed E-state index contributed by atoms with van der Waals surface area (Å²) >= 11 is 0. The molecule has 4 heterocycles. The summed E-state index contributed by atoms with van der Waals surface area (Å²) in [6.07, 6.45) is 9.71. The summed E-state index contributed by atoms with van der Waals surface area (Å²) in [5.41, 5.74) is 4.26. The van der Waals surface area contributed by atoms with Gasteiger partial charge in [0.1, 0.15) is 0 Å². The molecule has 0 amide bonds. The molecular formula is C20H25N7. The lowest BCUT2D eigenvalue weighted by molar-refractivity contribution is 0.211. The van der Waals surface area contributed by atoms with Crippen molar-refractivity contribution in [2.75, 3.05) is 18.4 Å². The van der Waals surface area contributed by atoms with E-state index in [1.54, 1.807) is 0 Å². The first kappa shape index (κ1) is 17.6. The van der Waals surface area contributed by atoms with Crippen molar-refractivity contribution in [3.63, 3.8) is 0 Å². The van der Waals surface area contributed by atoms with Gasteiger partial charge < -0.3 is 5.32 Å². The number of rotatable bonds is 5. The minimum absolute atomic E-state index is 0.406. The number of nitrogens with zero attached hydrogens (tertiary/aromatic N) is 6. The molecule has 7 heteroatoms. The Balaban J connectivity index is 1.35. The van der Waals surface area contributed by atoms with Crippen LogP contribution in [0.5, 0.6) is 0 Å². The molecule has 0 atom stereocenters. The maximum atomic E-state index is 4.70.